The van der Waals surface area contributed by atoms with Crippen LogP contribution >= 0.6 is 0 Å². The molecule has 3 aromatic rings. The molecule has 1 aliphatic heterocycles. The molecule has 0 unspecified atom stereocenters. The zero-order valence-corrected chi connectivity index (χ0v) is 15.5. The zero-order chi connectivity index (χ0) is 19.5. The van der Waals surface area contributed by atoms with Crippen LogP contribution < -0.4 is 10.6 Å². The topological polar surface area (TPSA) is 58.2 Å². The molecule has 0 spiro atoms. The van der Waals surface area contributed by atoms with Gasteiger partial charge >= 0.3 is 6.03 Å². The van der Waals surface area contributed by atoms with E-state index in [0.29, 0.717) is 16.8 Å². The minimum Gasteiger partial charge on any atom is -0.327 e. The second-order valence-electron chi connectivity index (χ2n) is 6.75. The number of rotatable bonds is 4. The Bertz CT molecular complexity index is 1040. The van der Waals surface area contributed by atoms with Crippen LogP contribution in [0.2, 0.25) is 0 Å². The van der Waals surface area contributed by atoms with Gasteiger partial charge in [0.15, 0.2) is 5.78 Å². The van der Waals surface area contributed by atoms with E-state index >= 15 is 0 Å². The molecule has 0 saturated heterocycles. The van der Waals surface area contributed by atoms with Gasteiger partial charge in [-0.05, 0) is 23.6 Å². The first-order valence-electron chi connectivity index (χ1n) is 9.17. The molecule has 0 aliphatic carbocycles. The van der Waals surface area contributed by atoms with Gasteiger partial charge in [-0.1, -0.05) is 84.9 Å². The lowest BCUT2D eigenvalue weighted by atomic mass is 9.89. The third-order valence-corrected chi connectivity index (χ3v) is 4.90. The third kappa shape index (κ3) is 3.45. The maximum atomic E-state index is 13.1. The quantitative estimate of drug-likeness (QED) is 0.646. The molecule has 4 heteroatoms. The van der Waals surface area contributed by atoms with Crippen molar-refractivity contribution in [3.8, 4) is 11.1 Å². The standard InChI is InChI=1S/C24H20N2O2/c1-16-21(23(27)20-10-6-3-7-11-20)22(26-24(28)25-16)19-14-12-18(13-15-19)17-8-4-2-5-9-17/h2-15,22H,1H3,(H2,25,26,28)/t22-/m0/s1. The number of carbonyl (C=O) groups excluding carboxylic acids is 2. The van der Waals surface area contributed by atoms with E-state index in [2.05, 4.69) is 22.8 Å². The largest absolute Gasteiger partial charge is 0.327 e. The molecule has 3 aromatic carbocycles. The fourth-order valence-corrected chi connectivity index (χ4v) is 3.49. The number of hydrogen-bond acceptors (Lipinski definition) is 2. The number of carbonyl (C=O) groups is 2. The van der Waals surface area contributed by atoms with Crippen LogP contribution in [0.15, 0.2) is 96.2 Å². The summed E-state index contributed by atoms with van der Waals surface area (Å²) in [4.78, 5) is 25.2. The highest BCUT2D eigenvalue weighted by Crippen LogP contribution is 2.31. The summed E-state index contributed by atoms with van der Waals surface area (Å²) < 4.78 is 0. The number of amides is 2. The SMILES string of the molecule is CC1=C(C(=O)c2ccccc2)[C@H](c2ccc(-c3ccccc3)cc2)NC(=O)N1. The van der Waals surface area contributed by atoms with Gasteiger partial charge in [-0.25, -0.2) is 4.79 Å². The Hall–Kier alpha value is -3.66. The minimum absolute atomic E-state index is 0.0947. The van der Waals surface area contributed by atoms with Crippen molar-refractivity contribution < 1.29 is 9.59 Å². The van der Waals surface area contributed by atoms with Gasteiger partial charge in [-0.3, -0.25) is 4.79 Å². The van der Waals surface area contributed by atoms with E-state index in [1.807, 2.05) is 60.7 Å². The number of nitrogens with one attached hydrogen (secondary N) is 2. The molecule has 2 amide bonds. The van der Waals surface area contributed by atoms with Crippen LogP contribution in [0.1, 0.15) is 28.9 Å². The smallest absolute Gasteiger partial charge is 0.319 e. The summed E-state index contributed by atoms with van der Waals surface area (Å²) in [5.74, 6) is -0.0947. The predicted molar refractivity (Wildman–Crippen MR) is 110 cm³/mol. The van der Waals surface area contributed by atoms with E-state index in [9.17, 15) is 9.59 Å². The summed E-state index contributed by atoms with van der Waals surface area (Å²) in [6.45, 7) is 1.76. The highest BCUT2D eigenvalue weighted by Gasteiger charge is 2.31. The summed E-state index contributed by atoms with van der Waals surface area (Å²) >= 11 is 0. The first-order chi connectivity index (χ1) is 13.6. The number of Topliss-reactive ketones (excluding diaryl/α,β-unsaturated/α-hetero) is 1. The lowest BCUT2D eigenvalue weighted by Crippen LogP contribution is -2.45. The van der Waals surface area contributed by atoms with E-state index < -0.39 is 6.04 Å². The first-order valence-corrected chi connectivity index (χ1v) is 9.17. The highest BCUT2D eigenvalue weighted by molar-refractivity contribution is 6.11. The van der Waals surface area contributed by atoms with Crippen molar-refractivity contribution in [3.05, 3.63) is 107 Å². The summed E-state index contributed by atoms with van der Waals surface area (Å²) in [5, 5.41) is 5.62. The van der Waals surface area contributed by atoms with Gasteiger partial charge in [-0.15, -0.1) is 0 Å². The zero-order valence-electron chi connectivity index (χ0n) is 15.5. The molecule has 1 heterocycles. The molecule has 4 rings (SSSR count). The number of urea groups is 1. The van der Waals surface area contributed by atoms with Gasteiger partial charge in [0.1, 0.15) is 0 Å². The molecule has 28 heavy (non-hydrogen) atoms. The molecule has 138 valence electrons. The van der Waals surface area contributed by atoms with E-state index in [1.165, 1.54) is 0 Å². The molecule has 2 N–H and O–H groups in total. The Morgan fingerprint density at radius 3 is 2.00 bits per heavy atom. The van der Waals surface area contributed by atoms with Crippen molar-refractivity contribution in [3.63, 3.8) is 0 Å². The average Bonchev–Trinajstić information content (AvgIpc) is 2.74. The van der Waals surface area contributed by atoms with E-state index in [-0.39, 0.29) is 11.8 Å². The predicted octanol–water partition coefficient (Wildman–Crippen LogP) is 4.86. The van der Waals surface area contributed by atoms with Crippen LogP contribution in [0, 0.1) is 0 Å². The number of benzene rings is 3. The average molecular weight is 368 g/mol. The maximum absolute atomic E-state index is 13.1. The molecule has 4 nitrogen and oxygen atoms in total. The Morgan fingerprint density at radius 2 is 1.36 bits per heavy atom. The Morgan fingerprint density at radius 1 is 0.786 bits per heavy atom. The van der Waals surface area contributed by atoms with E-state index in [0.717, 1.165) is 16.7 Å². The van der Waals surface area contributed by atoms with E-state index in [4.69, 9.17) is 0 Å². The number of ketones is 1. The van der Waals surface area contributed by atoms with Crippen LogP contribution in [0.25, 0.3) is 11.1 Å². The second-order valence-corrected chi connectivity index (χ2v) is 6.75. The van der Waals surface area contributed by atoms with Gasteiger partial charge in [0.25, 0.3) is 0 Å². The summed E-state index contributed by atoms with van der Waals surface area (Å²) in [6.07, 6.45) is 0. The Balaban J connectivity index is 1.71. The van der Waals surface area contributed by atoms with Gasteiger partial charge in [0.2, 0.25) is 0 Å². The third-order valence-electron chi connectivity index (χ3n) is 4.90. The monoisotopic (exact) mass is 368 g/mol. The van der Waals surface area contributed by atoms with Crippen LogP contribution in [0.5, 0.6) is 0 Å². The van der Waals surface area contributed by atoms with Gasteiger partial charge in [0, 0.05) is 16.8 Å². The van der Waals surface area contributed by atoms with E-state index in [1.54, 1.807) is 19.1 Å². The normalized spacial score (nSPS) is 16.3. The van der Waals surface area contributed by atoms with Crippen molar-refractivity contribution in [2.45, 2.75) is 13.0 Å². The van der Waals surface area contributed by atoms with Gasteiger partial charge < -0.3 is 10.6 Å². The maximum Gasteiger partial charge on any atom is 0.319 e. The van der Waals surface area contributed by atoms with Crippen LogP contribution in [0.4, 0.5) is 4.79 Å². The molecule has 0 radical (unpaired) electrons. The van der Waals surface area contributed by atoms with Crippen LogP contribution in [-0.2, 0) is 0 Å². The minimum atomic E-state index is -0.494. The molecule has 0 fully saturated rings. The molecule has 1 aliphatic rings. The van der Waals surface area contributed by atoms with Gasteiger partial charge in [-0.2, -0.15) is 0 Å². The van der Waals surface area contributed by atoms with Gasteiger partial charge in [0.05, 0.1) is 6.04 Å². The number of hydrogen-bond donors (Lipinski definition) is 2. The van der Waals surface area contributed by atoms with Crippen molar-refractivity contribution in [2.24, 2.45) is 0 Å². The lowest BCUT2D eigenvalue weighted by Gasteiger charge is -2.28. The summed E-state index contributed by atoms with van der Waals surface area (Å²) in [5.41, 5.74) is 4.80. The van der Waals surface area contributed by atoms with Crippen LogP contribution in [0.3, 0.4) is 0 Å². The fraction of sp³-hybridized carbons (Fsp3) is 0.0833. The molecule has 1 atom stereocenters. The second kappa shape index (κ2) is 7.53. The first kappa shape index (κ1) is 17.7. The molecular weight excluding hydrogens is 348 g/mol. The molecule has 0 bridgehead atoms. The van der Waals surface area contributed by atoms with Crippen molar-refractivity contribution in [1.29, 1.82) is 0 Å². The molecule has 0 saturated carbocycles. The van der Waals surface area contributed by atoms with Crippen molar-refractivity contribution >= 4 is 11.8 Å². The van der Waals surface area contributed by atoms with Crippen LogP contribution in [-0.4, -0.2) is 11.8 Å². The van der Waals surface area contributed by atoms with Crippen molar-refractivity contribution in [2.75, 3.05) is 0 Å². The Kier molecular flexibility index (Phi) is 4.77. The highest BCUT2D eigenvalue weighted by atomic mass is 16.2. The molecular formula is C24H20N2O2. The van der Waals surface area contributed by atoms with Crippen molar-refractivity contribution in [1.82, 2.24) is 10.6 Å². The molecule has 0 aromatic heterocycles. The Labute approximate surface area is 163 Å². The lowest BCUT2D eigenvalue weighted by molar-refractivity contribution is 0.102. The summed E-state index contributed by atoms with van der Waals surface area (Å²) in [6, 6.07) is 26.4. The summed E-state index contributed by atoms with van der Waals surface area (Å²) in [7, 11) is 0. The number of allylic oxidation sites excluding steroid dienone is 1. The fourth-order valence-electron chi connectivity index (χ4n) is 3.49.